The highest BCUT2D eigenvalue weighted by Gasteiger charge is 2.29. The Labute approximate surface area is 152 Å². The van der Waals surface area contributed by atoms with Crippen molar-refractivity contribution in [3.05, 3.63) is 35.4 Å². The van der Waals surface area contributed by atoms with Crippen molar-refractivity contribution < 1.29 is 9.47 Å². The summed E-state index contributed by atoms with van der Waals surface area (Å²) in [5.41, 5.74) is 2.42. The molecule has 1 aliphatic carbocycles. The fourth-order valence-electron chi connectivity index (χ4n) is 3.61. The van der Waals surface area contributed by atoms with E-state index in [1.807, 2.05) is 0 Å². The number of piperidine rings is 1. The lowest BCUT2D eigenvalue weighted by Gasteiger charge is -2.35. The van der Waals surface area contributed by atoms with Crippen molar-refractivity contribution in [3.8, 4) is 11.8 Å². The van der Waals surface area contributed by atoms with E-state index in [4.69, 9.17) is 9.47 Å². The molecule has 0 amide bonds. The van der Waals surface area contributed by atoms with Gasteiger partial charge in [0, 0.05) is 44.3 Å². The largest absolute Gasteiger partial charge is 0.385 e. The first-order chi connectivity index (χ1) is 12.3. The quantitative estimate of drug-likeness (QED) is 0.555. The normalized spacial score (nSPS) is 22.2. The van der Waals surface area contributed by atoms with Gasteiger partial charge >= 0.3 is 0 Å². The molecule has 0 N–H and O–H groups in total. The highest BCUT2D eigenvalue weighted by molar-refractivity contribution is 5.43. The smallest absolute Gasteiger partial charge is 0.0877 e. The van der Waals surface area contributed by atoms with Gasteiger partial charge in [0.1, 0.15) is 0 Å². The molecule has 0 aromatic heterocycles. The summed E-state index contributed by atoms with van der Waals surface area (Å²) in [6.45, 7) is 3.78. The maximum atomic E-state index is 6.41. The van der Waals surface area contributed by atoms with Crippen LogP contribution in [0.5, 0.6) is 0 Å². The Morgan fingerprint density at radius 2 is 2.04 bits per heavy atom. The molecule has 3 nitrogen and oxygen atoms in total. The van der Waals surface area contributed by atoms with E-state index < -0.39 is 0 Å². The topological polar surface area (TPSA) is 21.7 Å². The molecule has 0 spiro atoms. The van der Waals surface area contributed by atoms with Crippen LogP contribution in [0.25, 0.3) is 0 Å². The highest BCUT2D eigenvalue weighted by atomic mass is 16.5. The molecule has 0 bridgehead atoms. The monoisotopic (exact) mass is 341 g/mol. The number of likely N-dealkylation sites (tertiary alicyclic amines) is 1. The predicted octanol–water partition coefficient (Wildman–Crippen LogP) is 3.88. The molecule has 0 radical (unpaired) electrons. The Morgan fingerprint density at radius 1 is 1.20 bits per heavy atom. The summed E-state index contributed by atoms with van der Waals surface area (Å²) in [7, 11) is 3.96. The van der Waals surface area contributed by atoms with Crippen LogP contribution in [0.3, 0.4) is 0 Å². The van der Waals surface area contributed by atoms with Crippen molar-refractivity contribution in [2.75, 3.05) is 40.5 Å². The molecule has 2 atom stereocenters. The summed E-state index contributed by atoms with van der Waals surface area (Å²) < 4.78 is 11.6. The zero-order valence-electron chi connectivity index (χ0n) is 15.7. The van der Waals surface area contributed by atoms with Crippen LogP contribution < -0.4 is 0 Å². The van der Waals surface area contributed by atoms with Crippen LogP contribution in [0.1, 0.15) is 49.3 Å². The lowest BCUT2D eigenvalue weighted by molar-refractivity contribution is -0.0187. The van der Waals surface area contributed by atoms with Crippen molar-refractivity contribution >= 4 is 0 Å². The second-order valence-electron chi connectivity index (χ2n) is 7.43. The summed E-state index contributed by atoms with van der Waals surface area (Å²) in [6, 6.07) is 8.58. The van der Waals surface area contributed by atoms with Crippen LogP contribution in [0, 0.1) is 23.7 Å². The predicted molar refractivity (Wildman–Crippen MR) is 101 cm³/mol. The molecule has 1 aliphatic heterocycles. The molecule has 2 unspecified atom stereocenters. The second-order valence-corrected chi connectivity index (χ2v) is 7.43. The summed E-state index contributed by atoms with van der Waals surface area (Å²) >= 11 is 0. The van der Waals surface area contributed by atoms with Gasteiger partial charge in [-0.05, 0) is 57.3 Å². The third kappa shape index (κ3) is 5.57. The lowest BCUT2D eigenvalue weighted by Crippen LogP contribution is -2.36. The fraction of sp³-hybridized carbons (Fsp3) is 0.636. The maximum absolute atomic E-state index is 6.41. The van der Waals surface area contributed by atoms with E-state index >= 15 is 0 Å². The molecule has 2 fully saturated rings. The van der Waals surface area contributed by atoms with Crippen molar-refractivity contribution in [2.45, 2.75) is 38.2 Å². The first kappa shape index (κ1) is 18.5. The number of methoxy groups -OCH3 is 1. The number of hydrogen-bond acceptors (Lipinski definition) is 3. The molecule has 25 heavy (non-hydrogen) atoms. The first-order valence-electron chi connectivity index (χ1n) is 9.67. The van der Waals surface area contributed by atoms with Crippen LogP contribution in [0.4, 0.5) is 0 Å². The maximum Gasteiger partial charge on any atom is 0.0877 e. The van der Waals surface area contributed by atoms with E-state index in [1.54, 1.807) is 7.11 Å². The number of ether oxygens (including phenoxy) is 2. The van der Waals surface area contributed by atoms with E-state index in [0.29, 0.717) is 11.8 Å². The molecule has 1 aromatic carbocycles. The summed E-state index contributed by atoms with van der Waals surface area (Å²) in [5, 5.41) is 0. The van der Waals surface area contributed by atoms with Gasteiger partial charge in [0.2, 0.25) is 0 Å². The van der Waals surface area contributed by atoms with Crippen LogP contribution in [-0.4, -0.2) is 45.4 Å². The van der Waals surface area contributed by atoms with E-state index in [9.17, 15) is 0 Å². The third-order valence-electron chi connectivity index (χ3n) is 5.13. The average Bonchev–Trinajstić information content (AvgIpc) is 3.45. The number of hydrogen-bond donors (Lipinski definition) is 0. The van der Waals surface area contributed by atoms with Gasteiger partial charge in [-0.3, -0.25) is 0 Å². The van der Waals surface area contributed by atoms with Gasteiger partial charge in [0.15, 0.2) is 0 Å². The SMILES string of the molecule is COCCCOC(c1ccccc1C#CC1CC1)C1CCCN(C)C1. The molecule has 136 valence electrons. The zero-order chi connectivity index (χ0) is 17.5. The summed E-state index contributed by atoms with van der Waals surface area (Å²) in [5.74, 6) is 8.01. The van der Waals surface area contributed by atoms with Gasteiger partial charge in [0.05, 0.1) is 6.10 Å². The molecule has 1 aromatic rings. The van der Waals surface area contributed by atoms with Crippen LogP contribution >= 0.6 is 0 Å². The van der Waals surface area contributed by atoms with Crippen molar-refractivity contribution in [3.63, 3.8) is 0 Å². The fourth-order valence-corrected chi connectivity index (χ4v) is 3.61. The Bertz CT molecular complexity index is 600. The standard InChI is InChI=1S/C22H31NO2/c1-23-14-5-8-20(17-23)22(25-16-6-15-24-2)21-9-4-3-7-19(21)13-12-18-10-11-18/h3-4,7,9,18,20,22H,5-6,8,10-11,14-17H2,1-2H3. The van der Waals surface area contributed by atoms with E-state index in [1.165, 1.54) is 37.8 Å². The van der Waals surface area contributed by atoms with Crippen LogP contribution in [0.2, 0.25) is 0 Å². The molecule has 1 saturated heterocycles. The van der Waals surface area contributed by atoms with E-state index in [0.717, 1.165) is 31.7 Å². The highest BCUT2D eigenvalue weighted by Crippen LogP contribution is 2.34. The molecule has 2 aliphatic rings. The van der Waals surface area contributed by atoms with Crippen molar-refractivity contribution in [1.82, 2.24) is 4.90 Å². The van der Waals surface area contributed by atoms with Crippen molar-refractivity contribution in [2.24, 2.45) is 11.8 Å². The molecule has 3 rings (SSSR count). The minimum absolute atomic E-state index is 0.129. The van der Waals surface area contributed by atoms with Gasteiger partial charge in [-0.25, -0.2) is 0 Å². The number of benzene rings is 1. The first-order valence-corrected chi connectivity index (χ1v) is 9.67. The summed E-state index contributed by atoms with van der Waals surface area (Å²) in [6.07, 6.45) is 6.06. The van der Waals surface area contributed by atoms with Crippen molar-refractivity contribution in [1.29, 1.82) is 0 Å². The van der Waals surface area contributed by atoms with Crippen LogP contribution in [0.15, 0.2) is 24.3 Å². The van der Waals surface area contributed by atoms with Gasteiger partial charge in [-0.15, -0.1) is 0 Å². The Balaban J connectivity index is 1.79. The zero-order valence-corrected chi connectivity index (χ0v) is 15.7. The minimum atomic E-state index is 0.129. The number of nitrogens with zero attached hydrogens (tertiary/aromatic N) is 1. The average molecular weight is 341 g/mol. The second kappa shape index (κ2) is 9.38. The Hall–Kier alpha value is -1.34. The summed E-state index contributed by atoms with van der Waals surface area (Å²) in [4.78, 5) is 2.43. The molecule has 3 heteroatoms. The van der Waals surface area contributed by atoms with Crippen LogP contribution in [-0.2, 0) is 9.47 Å². The molecule has 1 saturated carbocycles. The molecular formula is C22H31NO2. The molecule has 1 heterocycles. The van der Waals surface area contributed by atoms with Gasteiger partial charge in [-0.1, -0.05) is 30.0 Å². The molecular weight excluding hydrogens is 310 g/mol. The lowest BCUT2D eigenvalue weighted by atomic mass is 9.86. The Morgan fingerprint density at radius 3 is 2.80 bits per heavy atom. The van der Waals surface area contributed by atoms with E-state index in [2.05, 4.69) is 48.1 Å². The Kier molecular flexibility index (Phi) is 6.93. The number of rotatable bonds is 7. The minimum Gasteiger partial charge on any atom is -0.385 e. The third-order valence-corrected chi connectivity index (χ3v) is 5.13. The van der Waals surface area contributed by atoms with Gasteiger partial charge < -0.3 is 14.4 Å². The van der Waals surface area contributed by atoms with E-state index in [-0.39, 0.29) is 6.10 Å². The van der Waals surface area contributed by atoms with Gasteiger partial charge in [0.25, 0.3) is 0 Å². The van der Waals surface area contributed by atoms with Gasteiger partial charge in [-0.2, -0.15) is 0 Å².